The smallest absolute Gasteiger partial charge is 0.192 e. The Labute approximate surface area is 185 Å². The van der Waals surface area contributed by atoms with Crippen molar-refractivity contribution < 1.29 is 4.52 Å². The average Bonchev–Trinajstić information content (AvgIpc) is 3.45. The zero-order valence-corrected chi connectivity index (χ0v) is 18.8. The average molecular weight is 423 g/mol. The van der Waals surface area contributed by atoms with Crippen LogP contribution in [0.3, 0.4) is 0 Å². The minimum absolute atomic E-state index is 0.453. The van der Waals surface area contributed by atoms with Gasteiger partial charge in [-0.2, -0.15) is 0 Å². The Bertz CT molecular complexity index is 926. The summed E-state index contributed by atoms with van der Waals surface area (Å²) in [6.45, 7) is 9.13. The van der Waals surface area contributed by atoms with Gasteiger partial charge in [-0.3, -0.25) is 0 Å². The highest BCUT2D eigenvalue weighted by molar-refractivity contribution is 5.79. The molecule has 0 aliphatic rings. The summed E-state index contributed by atoms with van der Waals surface area (Å²) in [5.41, 5.74) is 2.35. The number of nitrogens with one attached hydrogen (secondary N) is 2. The van der Waals surface area contributed by atoms with E-state index in [4.69, 9.17) is 9.52 Å². The lowest BCUT2D eigenvalue weighted by atomic mass is 9.99. The number of aromatic nitrogens is 3. The normalized spacial score (nSPS) is 11.8. The van der Waals surface area contributed by atoms with Gasteiger partial charge in [0.1, 0.15) is 12.4 Å². The van der Waals surface area contributed by atoms with Crippen molar-refractivity contribution in [3.63, 3.8) is 0 Å². The second kappa shape index (κ2) is 11.9. The molecule has 2 N–H and O–H groups in total. The van der Waals surface area contributed by atoms with E-state index in [1.807, 2.05) is 24.5 Å². The first-order valence-corrected chi connectivity index (χ1v) is 11.2. The zero-order chi connectivity index (χ0) is 21.9. The monoisotopic (exact) mass is 422 g/mol. The lowest BCUT2D eigenvalue weighted by Crippen LogP contribution is -2.36. The third kappa shape index (κ3) is 6.70. The van der Waals surface area contributed by atoms with Crippen molar-refractivity contribution in [2.24, 2.45) is 4.99 Å². The molecule has 0 radical (unpaired) electrons. The highest BCUT2D eigenvalue weighted by atomic mass is 16.5. The van der Waals surface area contributed by atoms with Crippen molar-refractivity contribution in [1.82, 2.24) is 25.3 Å². The van der Waals surface area contributed by atoms with Crippen LogP contribution in [0.25, 0.3) is 0 Å². The molecule has 7 heteroatoms. The number of hydrogen-bond donors (Lipinski definition) is 2. The fourth-order valence-electron chi connectivity index (χ4n) is 3.56. The molecule has 1 aromatic carbocycles. The molecule has 166 valence electrons. The molecule has 0 amide bonds. The van der Waals surface area contributed by atoms with E-state index in [0.29, 0.717) is 19.0 Å². The van der Waals surface area contributed by atoms with E-state index < -0.39 is 0 Å². The van der Waals surface area contributed by atoms with Gasteiger partial charge in [-0.25, -0.2) is 9.98 Å². The third-order valence-electron chi connectivity index (χ3n) is 5.42. The minimum Gasteiger partial charge on any atom is -0.359 e. The summed E-state index contributed by atoms with van der Waals surface area (Å²) in [4.78, 5) is 9.20. The van der Waals surface area contributed by atoms with Crippen LogP contribution in [0.2, 0.25) is 0 Å². The zero-order valence-electron chi connectivity index (χ0n) is 18.8. The maximum Gasteiger partial charge on any atom is 0.192 e. The predicted molar refractivity (Wildman–Crippen MR) is 124 cm³/mol. The Morgan fingerprint density at radius 3 is 2.68 bits per heavy atom. The highest BCUT2D eigenvalue weighted by Gasteiger charge is 2.13. The van der Waals surface area contributed by atoms with Gasteiger partial charge < -0.3 is 19.7 Å². The van der Waals surface area contributed by atoms with Gasteiger partial charge in [-0.05, 0) is 31.7 Å². The largest absolute Gasteiger partial charge is 0.359 e. The first-order chi connectivity index (χ1) is 15.2. The molecule has 0 saturated heterocycles. The van der Waals surface area contributed by atoms with E-state index in [1.165, 1.54) is 5.56 Å². The van der Waals surface area contributed by atoms with E-state index in [-0.39, 0.29) is 0 Å². The van der Waals surface area contributed by atoms with E-state index in [0.717, 1.165) is 55.6 Å². The topological polar surface area (TPSA) is 80.3 Å². The van der Waals surface area contributed by atoms with Gasteiger partial charge in [0.05, 0.1) is 12.2 Å². The van der Waals surface area contributed by atoms with Gasteiger partial charge in [0.2, 0.25) is 0 Å². The number of aliphatic imine (C=N–C) groups is 1. The Morgan fingerprint density at radius 1 is 1.13 bits per heavy atom. The summed E-state index contributed by atoms with van der Waals surface area (Å²) in [7, 11) is 0. The highest BCUT2D eigenvalue weighted by Crippen LogP contribution is 2.22. The van der Waals surface area contributed by atoms with Crippen LogP contribution in [0.1, 0.15) is 62.4 Å². The third-order valence-corrected chi connectivity index (χ3v) is 5.42. The Hall–Kier alpha value is -3.09. The van der Waals surface area contributed by atoms with Crippen LogP contribution in [0, 0.1) is 0 Å². The van der Waals surface area contributed by atoms with Crippen LogP contribution in [0.4, 0.5) is 0 Å². The fraction of sp³-hybridized carbons (Fsp3) is 0.458. The summed E-state index contributed by atoms with van der Waals surface area (Å²) in [6, 6.07) is 12.5. The Morgan fingerprint density at radius 2 is 1.94 bits per heavy atom. The lowest BCUT2D eigenvalue weighted by molar-refractivity contribution is 0.368. The standard InChI is InChI=1S/C24H34N6O/c1-4-20(5-2)22-16-21(31-29-22)17-27-24(25-6-3)28-18-23-26-13-15-30(23)14-12-19-10-8-7-9-11-19/h7-11,13,15-16,20H,4-6,12,14,17-18H2,1-3H3,(H2,25,27,28). The van der Waals surface area contributed by atoms with Crippen molar-refractivity contribution in [2.75, 3.05) is 6.54 Å². The van der Waals surface area contributed by atoms with E-state index in [9.17, 15) is 0 Å². The molecular formula is C24H34N6O. The van der Waals surface area contributed by atoms with Gasteiger partial charge in [0, 0.05) is 37.5 Å². The number of guanidine groups is 1. The first-order valence-electron chi connectivity index (χ1n) is 11.2. The van der Waals surface area contributed by atoms with Crippen molar-refractivity contribution in [3.05, 3.63) is 71.6 Å². The van der Waals surface area contributed by atoms with Crippen LogP contribution in [0.5, 0.6) is 0 Å². The van der Waals surface area contributed by atoms with Crippen molar-refractivity contribution in [2.45, 2.75) is 65.6 Å². The number of hydrogen-bond acceptors (Lipinski definition) is 4. The summed E-state index contributed by atoms with van der Waals surface area (Å²) >= 11 is 0. The Balaban J connectivity index is 1.57. The minimum atomic E-state index is 0.453. The van der Waals surface area contributed by atoms with Gasteiger partial charge in [0.15, 0.2) is 11.7 Å². The molecular weight excluding hydrogens is 388 g/mol. The molecule has 0 unspecified atom stereocenters. The Kier molecular flexibility index (Phi) is 8.70. The molecule has 31 heavy (non-hydrogen) atoms. The van der Waals surface area contributed by atoms with Crippen molar-refractivity contribution >= 4 is 5.96 Å². The number of imidazole rings is 1. The van der Waals surface area contributed by atoms with E-state index >= 15 is 0 Å². The van der Waals surface area contributed by atoms with Crippen LogP contribution in [-0.2, 0) is 26.1 Å². The van der Waals surface area contributed by atoms with Crippen molar-refractivity contribution in [3.8, 4) is 0 Å². The molecule has 0 fully saturated rings. The molecule has 2 heterocycles. The summed E-state index contributed by atoms with van der Waals surface area (Å²) < 4.78 is 7.67. The first kappa shape index (κ1) is 22.6. The molecule has 0 aliphatic heterocycles. The molecule has 3 aromatic rings. The molecule has 3 rings (SSSR count). The number of rotatable bonds is 11. The fourth-order valence-corrected chi connectivity index (χ4v) is 3.56. The maximum atomic E-state index is 5.51. The molecule has 2 aromatic heterocycles. The summed E-state index contributed by atoms with van der Waals surface area (Å²) in [6.07, 6.45) is 6.95. The van der Waals surface area contributed by atoms with E-state index in [2.05, 4.69) is 70.4 Å². The van der Waals surface area contributed by atoms with E-state index in [1.54, 1.807) is 0 Å². The van der Waals surface area contributed by atoms with Gasteiger partial charge in [-0.1, -0.05) is 49.3 Å². The number of nitrogens with zero attached hydrogens (tertiary/aromatic N) is 4. The van der Waals surface area contributed by atoms with Crippen LogP contribution < -0.4 is 10.6 Å². The SMILES string of the molecule is CCNC(=NCc1nccn1CCc1ccccc1)NCc1cc(C(CC)CC)no1. The second-order valence-electron chi connectivity index (χ2n) is 7.55. The molecule has 7 nitrogen and oxygen atoms in total. The van der Waals surface area contributed by atoms with Crippen LogP contribution >= 0.6 is 0 Å². The van der Waals surface area contributed by atoms with Crippen LogP contribution in [0.15, 0.2) is 58.3 Å². The predicted octanol–water partition coefficient (Wildman–Crippen LogP) is 4.27. The summed E-state index contributed by atoms with van der Waals surface area (Å²) in [5, 5.41) is 10.9. The number of aryl methyl sites for hydroxylation is 2. The van der Waals surface area contributed by atoms with Gasteiger partial charge in [0.25, 0.3) is 0 Å². The summed E-state index contributed by atoms with van der Waals surface area (Å²) in [5.74, 6) is 2.95. The number of benzene rings is 1. The molecule has 0 atom stereocenters. The van der Waals surface area contributed by atoms with Gasteiger partial charge in [-0.15, -0.1) is 0 Å². The molecule has 0 bridgehead atoms. The molecule has 0 spiro atoms. The van der Waals surface area contributed by atoms with Crippen molar-refractivity contribution in [1.29, 1.82) is 0 Å². The van der Waals surface area contributed by atoms with Gasteiger partial charge >= 0.3 is 0 Å². The maximum absolute atomic E-state index is 5.51. The quantitative estimate of drug-likeness (QED) is 0.356. The molecule has 0 aliphatic carbocycles. The van der Waals surface area contributed by atoms with Crippen LogP contribution in [-0.4, -0.2) is 27.2 Å². The second-order valence-corrected chi connectivity index (χ2v) is 7.55. The lowest BCUT2D eigenvalue weighted by Gasteiger charge is -2.11. The molecule has 0 saturated carbocycles.